The predicted molar refractivity (Wildman–Crippen MR) is 78.8 cm³/mol. The molecular weight excluding hydrogens is 260 g/mol. The van der Waals surface area contributed by atoms with Gasteiger partial charge in [0.05, 0.1) is 7.11 Å². The zero-order valence-corrected chi connectivity index (χ0v) is 12.2. The lowest BCUT2D eigenvalue weighted by Crippen LogP contribution is -2.29. The smallest absolute Gasteiger partial charge is 0.341 e. The summed E-state index contributed by atoms with van der Waals surface area (Å²) < 4.78 is 4.79. The molecule has 1 aliphatic rings. The Kier molecular flexibility index (Phi) is 5.07. The second-order valence-corrected chi connectivity index (χ2v) is 5.89. The largest absolute Gasteiger partial charge is 0.465 e. The Morgan fingerprint density at radius 1 is 1.53 bits per heavy atom. The number of thioether (sulfide) groups is 1. The van der Waals surface area contributed by atoms with Crippen molar-refractivity contribution in [2.75, 3.05) is 18.7 Å². The van der Waals surface area contributed by atoms with Gasteiger partial charge in [-0.05, 0) is 37.7 Å². The highest BCUT2D eigenvalue weighted by atomic mass is 32.2. The lowest BCUT2D eigenvalue weighted by Gasteiger charge is -2.29. The lowest BCUT2D eigenvalue weighted by atomic mass is 9.95. The van der Waals surface area contributed by atoms with Gasteiger partial charge in [0.15, 0.2) is 0 Å². The number of nitrogens with zero attached hydrogens (tertiary/aromatic N) is 1. The van der Waals surface area contributed by atoms with E-state index in [0.29, 0.717) is 22.7 Å². The van der Waals surface area contributed by atoms with Crippen LogP contribution in [-0.4, -0.2) is 35.6 Å². The average Bonchev–Trinajstić information content (AvgIpc) is 2.47. The SMILES string of the molecule is COC(=O)c1cccnc1NC1CCCC(SC)C1. The molecule has 0 bridgehead atoms. The van der Waals surface area contributed by atoms with Gasteiger partial charge in [-0.2, -0.15) is 11.8 Å². The first-order valence-corrected chi connectivity index (χ1v) is 7.86. The van der Waals surface area contributed by atoms with Crippen molar-refractivity contribution >= 4 is 23.5 Å². The Labute approximate surface area is 118 Å². The number of rotatable bonds is 4. The van der Waals surface area contributed by atoms with Crippen LogP contribution in [0, 0.1) is 0 Å². The van der Waals surface area contributed by atoms with Crippen LogP contribution in [0.3, 0.4) is 0 Å². The van der Waals surface area contributed by atoms with Crippen molar-refractivity contribution < 1.29 is 9.53 Å². The van der Waals surface area contributed by atoms with Crippen LogP contribution < -0.4 is 5.32 Å². The molecule has 1 aromatic rings. The van der Waals surface area contributed by atoms with Crippen molar-refractivity contribution in [2.24, 2.45) is 0 Å². The molecule has 2 unspecified atom stereocenters. The van der Waals surface area contributed by atoms with Gasteiger partial charge in [-0.25, -0.2) is 9.78 Å². The first kappa shape index (κ1) is 14.2. The highest BCUT2D eigenvalue weighted by molar-refractivity contribution is 7.99. The Balaban J connectivity index is 2.08. The number of hydrogen-bond acceptors (Lipinski definition) is 5. The van der Waals surface area contributed by atoms with Crippen molar-refractivity contribution in [3.05, 3.63) is 23.9 Å². The van der Waals surface area contributed by atoms with Gasteiger partial charge in [-0.3, -0.25) is 0 Å². The van der Waals surface area contributed by atoms with Crippen LogP contribution in [-0.2, 0) is 4.74 Å². The maximum absolute atomic E-state index is 11.7. The van der Waals surface area contributed by atoms with E-state index in [-0.39, 0.29) is 5.97 Å². The number of pyridine rings is 1. The summed E-state index contributed by atoms with van der Waals surface area (Å²) in [5, 5.41) is 4.11. The van der Waals surface area contributed by atoms with Crippen molar-refractivity contribution in [2.45, 2.75) is 37.0 Å². The maximum Gasteiger partial charge on any atom is 0.341 e. The number of ether oxygens (including phenoxy) is 1. The molecule has 1 fully saturated rings. The molecule has 104 valence electrons. The van der Waals surface area contributed by atoms with E-state index in [0.717, 1.165) is 12.8 Å². The number of carbonyl (C=O) groups is 1. The number of esters is 1. The summed E-state index contributed by atoms with van der Waals surface area (Å²) >= 11 is 1.92. The van der Waals surface area contributed by atoms with Crippen molar-refractivity contribution in [1.29, 1.82) is 0 Å². The average molecular weight is 280 g/mol. The summed E-state index contributed by atoms with van der Waals surface area (Å²) in [6.45, 7) is 0. The number of anilines is 1. The fraction of sp³-hybridized carbons (Fsp3) is 0.571. The minimum atomic E-state index is -0.340. The van der Waals surface area contributed by atoms with E-state index in [1.807, 2.05) is 11.8 Å². The fourth-order valence-corrected chi connectivity index (χ4v) is 3.31. The molecule has 1 saturated carbocycles. The van der Waals surface area contributed by atoms with E-state index in [2.05, 4.69) is 16.6 Å². The third-order valence-electron chi connectivity index (χ3n) is 3.51. The van der Waals surface area contributed by atoms with Gasteiger partial charge in [-0.15, -0.1) is 0 Å². The van der Waals surface area contributed by atoms with E-state index in [9.17, 15) is 4.79 Å². The van der Waals surface area contributed by atoms with E-state index in [1.165, 1.54) is 20.0 Å². The molecule has 0 saturated heterocycles. The standard InChI is InChI=1S/C14H20N2O2S/c1-18-14(17)12-7-4-8-15-13(12)16-10-5-3-6-11(9-10)19-2/h4,7-8,10-11H,3,5-6,9H2,1-2H3,(H,15,16). The third-order valence-corrected chi connectivity index (χ3v) is 4.61. The van der Waals surface area contributed by atoms with Crippen molar-refractivity contribution in [1.82, 2.24) is 4.98 Å². The van der Waals surface area contributed by atoms with Gasteiger partial charge in [0.1, 0.15) is 11.4 Å². The van der Waals surface area contributed by atoms with E-state index in [4.69, 9.17) is 4.74 Å². The molecule has 1 N–H and O–H groups in total. The molecule has 2 atom stereocenters. The molecule has 1 aromatic heterocycles. The van der Waals surface area contributed by atoms with Gasteiger partial charge in [0.25, 0.3) is 0 Å². The van der Waals surface area contributed by atoms with Crippen LogP contribution in [0.25, 0.3) is 0 Å². The van der Waals surface area contributed by atoms with Crippen molar-refractivity contribution in [3.8, 4) is 0 Å². The number of nitrogens with one attached hydrogen (secondary N) is 1. The number of carbonyl (C=O) groups excluding carboxylic acids is 1. The summed E-state index contributed by atoms with van der Waals surface area (Å²) in [7, 11) is 1.39. The summed E-state index contributed by atoms with van der Waals surface area (Å²) in [6.07, 6.45) is 8.62. The molecule has 0 spiro atoms. The molecule has 0 radical (unpaired) electrons. The molecule has 1 aliphatic carbocycles. The molecular formula is C14H20N2O2S. The maximum atomic E-state index is 11.7. The molecule has 2 rings (SSSR count). The molecule has 5 heteroatoms. The van der Waals surface area contributed by atoms with Gasteiger partial charge in [0, 0.05) is 17.5 Å². The van der Waals surface area contributed by atoms with Gasteiger partial charge in [-0.1, -0.05) is 6.42 Å². The number of hydrogen-bond donors (Lipinski definition) is 1. The van der Waals surface area contributed by atoms with Crippen LogP contribution in [0.4, 0.5) is 5.82 Å². The zero-order chi connectivity index (χ0) is 13.7. The Morgan fingerprint density at radius 3 is 3.11 bits per heavy atom. The minimum Gasteiger partial charge on any atom is -0.465 e. The zero-order valence-electron chi connectivity index (χ0n) is 11.4. The molecule has 0 aliphatic heterocycles. The van der Waals surface area contributed by atoms with Gasteiger partial charge >= 0.3 is 5.97 Å². The summed E-state index contributed by atoms with van der Waals surface area (Å²) in [4.78, 5) is 16.0. The molecule has 1 heterocycles. The first-order chi connectivity index (χ1) is 9.24. The minimum absolute atomic E-state index is 0.340. The van der Waals surface area contributed by atoms with Gasteiger partial charge in [0.2, 0.25) is 0 Å². The van der Waals surface area contributed by atoms with Crippen LogP contribution in [0.2, 0.25) is 0 Å². The van der Waals surface area contributed by atoms with E-state index < -0.39 is 0 Å². The predicted octanol–water partition coefficient (Wildman–Crippen LogP) is 2.95. The van der Waals surface area contributed by atoms with Crippen LogP contribution >= 0.6 is 11.8 Å². The van der Waals surface area contributed by atoms with Crippen LogP contribution in [0.5, 0.6) is 0 Å². The van der Waals surface area contributed by atoms with E-state index >= 15 is 0 Å². The fourth-order valence-electron chi connectivity index (χ4n) is 2.48. The quantitative estimate of drug-likeness (QED) is 0.859. The van der Waals surface area contributed by atoms with E-state index in [1.54, 1.807) is 18.3 Å². The number of methoxy groups -OCH3 is 1. The summed E-state index contributed by atoms with van der Waals surface area (Å²) in [5.41, 5.74) is 0.510. The normalized spacial score (nSPS) is 22.8. The highest BCUT2D eigenvalue weighted by Crippen LogP contribution is 2.29. The topological polar surface area (TPSA) is 51.2 Å². The lowest BCUT2D eigenvalue weighted by molar-refractivity contribution is 0.0601. The molecule has 4 nitrogen and oxygen atoms in total. The summed E-state index contributed by atoms with van der Waals surface area (Å²) in [5.74, 6) is 0.300. The Morgan fingerprint density at radius 2 is 2.37 bits per heavy atom. The molecule has 0 aromatic carbocycles. The highest BCUT2D eigenvalue weighted by Gasteiger charge is 2.23. The molecule has 0 amide bonds. The second-order valence-electron chi connectivity index (χ2n) is 4.76. The Hall–Kier alpha value is -1.23. The summed E-state index contributed by atoms with van der Waals surface area (Å²) in [6, 6.07) is 3.89. The van der Waals surface area contributed by atoms with Crippen LogP contribution in [0.15, 0.2) is 18.3 Å². The first-order valence-electron chi connectivity index (χ1n) is 6.57. The Bertz CT molecular complexity index is 439. The van der Waals surface area contributed by atoms with Gasteiger partial charge < -0.3 is 10.1 Å². The van der Waals surface area contributed by atoms with Crippen molar-refractivity contribution in [3.63, 3.8) is 0 Å². The monoisotopic (exact) mass is 280 g/mol. The van der Waals surface area contributed by atoms with Crippen LogP contribution in [0.1, 0.15) is 36.0 Å². The molecule has 19 heavy (non-hydrogen) atoms. The third kappa shape index (κ3) is 3.62. The second kappa shape index (κ2) is 6.80. The number of aromatic nitrogens is 1.